The molecule has 3 rings (SSSR count). The molecule has 0 saturated carbocycles. The number of nitro benzene ring substituents is 1. The first-order chi connectivity index (χ1) is 10.9. The second kappa shape index (κ2) is 5.36. The Balaban J connectivity index is 2.30. The lowest BCUT2D eigenvalue weighted by atomic mass is 9.96. The van der Waals surface area contributed by atoms with Gasteiger partial charge in [-0.3, -0.25) is 14.9 Å². The molecule has 7 nitrogen and oxygen atoms in total. The monoisotopic (exact) mass is 332 g/mol. The summed E-state index contributed by atoms with van der Waals surface area (Å²) in [7, 11) is 0. The maximum Gasteiger partial charge on any atom is 0.418 e. The van der Waals surface area contributed by atoms with Crippen LogP contribution in [0.2, 0.25) is 5.02 Å². The quantitative estimate of drug-likeness (QED) is 0.670. The fraction of sp³-hybridized carbons (Fsp3) is 0.0667. The Morgan fingerprint density at radius 1 is 1.26 bits per heavy atom. The Bertz CT molecular complexity index is 865. The van der Waals surface area contributed by atoms with Crippen LogP contribution in [0.25, 0.3) is 11.1 Å². The van der Waals surface area contributed by atoms with Gasteiger partial charge in [0.1, 0.15) is 0 Å². The average Bonchev–Trinajstić information content (AvgIpc) is 2.83. The van der Waals surface area contributed by atoms with Gasteiger partial charge in [-0.1, -0.05) is 23.7 Å². The summed E-state index contributed by atoms with van der Waals surface area (Å²) in [6.07, 6.45) is -1.58. The Labute approximate surface area is 134 Å². The molecule has 0 aliphatic carbocycles. The number of halogens is 1. The number of nitrogens with zero attached hydrogens (tertiary/aromatic N) is 2. The summed E-state index contributed by atoms with van der Waals surface area (Å²) in [6.45, 7) is 0. The zero-order valence-corrected chi connectivity index (χ0v) is 12.3. The number of para-hydroxylation sites is 1. The number of amides is 2. The third-order valence-electron chi connectivity index (χ3n) is 3.62. The van der Waals surface area contributed by atoms with E-state index in [2.05, 4.69) is 0 Å². The normalized spacial score (nSPS) is 13.1. The van der Waals surface area contributed by atoms with Crippen molar-refractivity contribution in [3.8, 4) is 11.1 Å². The number of nitro groups is 1. The van der Waals surface area contributed by atoms with Gasteiger partial charge in [0.25, 0.3) is 5.69 Å². The fourth-order valence-corrected chi connectivity index (χ4v) is 2.99. The van der Waals surface area contributed by atoms with Gasteiger partial charge >= 0.3 is 6.09 Å². The number of carbonyl (C=O) groups excluding carboxylic acids is 1. The predicted molar refractivity (Wildman–Crippen MR) is 82.8 cm³/mol. The van der Waals surface area contributed by atoms with Crippen molar-refractivity contribution in [3.05, 3.63) is 57.1 Å². The second-order valence-corrected chi connectivity index (χ2v) is 5.29. The van der Waals surface area contributed by atoms with Gasteiger partial charge in [-0.25, -0.2) is 9.69 Å². The number of hydrogen-bond donors (Lipinski definition) is 1. The predicted octanol–water partition coefficient (Wildman–Crippen LogP) is 3.48. The molecule has 0 spiro atoms. The van der Waals surface area contributed by atoms with Crippen LogP contribution in [0, 0.1) is 10.1 Å². The van der Waals surface area contributed by atoms with E-state index in [0.717, 1.165) is 0 Å². The molecule has 1 N–H and O–H groups in total. The lowest BCUT2D eigenvalue weighted by Gasteiger charge is -2.13. The van der Waals surface area contributed by atoms with Crippen molar-refractivity contribution in [2.75, 3.05) is 4.90 Å². The molecule has 0 radical (unpaired) electrons. The van der Waals surface area contributed by atoms with Gasteiger partial charge in [0.15, 0.2) is 0 Å². The standard InChI is InChI=1S/C15H9ClN2O5/c16-10-5-6-11-9(7-13(19)17(11)15(20)21)14(10)8-3-1-2-4-12(8)18(22)23/h1-6H,7H2,(H,20,21). The molecule has 0 saturated heterocycles. The summed E-state index contributed by atoms with van der Waals surface area (Å²) in [5.74, 6) is -0.616. The van der Waals surface area contributed by atoms with Crippen molar-refractivity contribution in [1.82, 2.24) is 0 Å². The summed E-state index contributed by atoms with van der Waals surface area (Å²) >= 11 is 6.19. The van der Waals surface area contributed by atoms with Crippen LogP contribution in [0.4, 0.5) is 16.2 Å². The summed E-state index contributed by atoms with van der Waals surface area (Å²) in [5, 5.41) is 20.6. The number of anilines is 1. The molecule has 2 aromatic rings. The molecule has 0 unspecified atom stereocenters. The van der Waals surface area contributed by atoms with Crippen LogP contribution in [-0.2, 0) is 11.2 Å². The van der Waals surface area contributed by atoms with Crippen molar-refractivity contribution < 1.29 is 19.6 Å². The van der Waals surface area contributed by atoms with Crippen LogP contribution in [0.15, 0.2) is 36.4 Å². The van der Waals surface area contributed by atoms with E-state index in [1.165, 1.54) is 30.3 Å². The van der Waals surface area contributed by atoms with Crippen LogP contribution in [0.5, 0.6) is 0 Å². The Morgan fingerprint density at radius 2 is 1.96 bits per heavy atom. The number of carbonyl (C=O) groups is 2. The number of fused-ring (bicyclic) bond motifs is 1. The lowest BCUT2D eigenvalue weighted by molar-refractivity contribution is -0.384. The highest BCUT2D eigenvalue weighted by atomic mass is 35.5. The minimum Gasteiger partial charge on any atom is -0.464 e. The molecule has 0 fully saturated rings. The molecular formula is C15H9ClN2O5. The molecule has 1 heterocycles. The zero-order chi connectivity index (χ0) is 16.7. The van der Waals surface area contributed by atoms with E-state index >= 15 is 0 Å². The summed E-state index contributed by atoms with van der Waals surface area (Å²) < 4.78 is 0. The molecule has 2 aromatic carbocycles. The van der Waals surface area contributed by atoms with Gasteiger partial charge < -0.3 is 5.11 Å². The summed E-state index contributed by atoms with van der Waals surface area (Å²) in [5.41, 5.74) is 0.955. The van der Waals surface area contributed by atoms with Crippen LogP contribution >= 0.6 is 11.6 Å². The molecule has 1 aliphatic rings. The molecule has 0 bridgehead atoms. The van der Waals surface area contributed by atoms with Crippen LogP contribution < -0.4 is 4.90 Å². The van der Waals surface area contributed by atoms with Gasteiger partial charge in [-0.2, -0.15) is 0 Å². The maximum absolute atomic E-state index is 12.0. The van der Waals surface area contributed by atoms with E-state index < -0.39 is 16.9 Å². The molecule has 0 aromatic heterocycles. The van der Waals surface area contributed by atoms with E-state index in [-0.39, 0.29) is 28.4 Å². The highest BCUT2D eigenvalue weighted by Gasteiger charge is 2.36. The SMILES string of the molecule is O=C(O)N1C(=O)Cc2c1ccc(Cl)c2-c1ccccc1[N+](=O)[O-]. The molecule has 1 aliphatic heterocycles. The number of imide groups is 1. The molecule has 23 heavy (non-hydrogen) atoms. The van der Waals surface area contributed by atoms with Crippen molar-refractivity contribution in [3.63, 3.8) is 0 Å². The van der Waals surface area contributed by atoms with E-state index in [1.807, 2.05) is 0 Å². The van der Waals surface area contributed by atoms with Crippen LogP contribution in [0.3, 0.4) is 0 Å². The third-order valence-corrected chi connectivity index (χ3v) is 3.93. The Hall–Kier alpha value is -2.93. The average molecular weight is 333 g/mol. The number of carboxylic acid groups (broad SMARTS) is 1. The number of benzene rings is 2. The van der Waals surface area contributed by atoms with Gasteiger partial charge in [0, 0.05) is 16.7 Å². The van der Waals surface area contributed by atoms with Crippen molar-refractivity contribution in [2.45, 2.75) is 6.42 Å². The highest BCUT2D eigenvalue weighted by molar-refractivity contribution is 6.34. The van der Waals surface area contributed by atoms with Crippen molar-refractivity contribution in [2.24, 2.45) is 0 Å². The minimum absolute atomic E-state index is 0.163. The van der Waals surface area contributed by atoms with E-state index in [4.69, 9.17) is 16.7 Å². The van der Waals surface area contributed by atoms with E-state index in [1.54, 1.807) is 6.07 Å². The minimum atomic E-state index is -1.40. The van der Waals surface area contributed by atoms with E-state index in [9.17, 15) is 19.7 Å². The molecular weight excluding hydrogens is 324 g/mol. The molecule has 0 atom stereocenters. The number of hydrogen-bond acceptors (Lipinski definition) is 4. The van der Waals surface area contributed by atoms with Gasteiger partial charge in [0.2, 0.25) is 5.91 Å². The highest BCUT2D eigenvalue weighted by Crippen LogP contribution is 2.43. The zero-order valence-electron chi connectivity index (χ0n) is 11.5. The smallest absolute Gasteiger partial charge is 0.418 e. The second-order valence-electron chi connectivity index (χ2n) is 4.88. The summed E-state index contributed by atoms with van der Waals surface area (Å²) in [6, 6.07) is 8.84. The Morgan fingerprint density at radius 3 is 2.61 bits per heavy atom. The largest absolute Gasteiger partial charge is 0.464 e. The van der Waals surface area contributed by atoms with Gasteiger partial charge in [0.05, 0.1) is 22.6 Å². The first kappa shape index (κ1) is 15.0. The maximum atomic E-state index is 12.0. The van der Waals surface area contributed by atoms with Crippen molar-refractivity contribution >= 4 is 35.0 Å². The van der Waals surface area contributed by atoms with Gasteiger partial charge in [-0.05, 0) is 23.8 Å². The first-order valence-corrected chi connectivity index (χ1v) is 6.90. The van der Waals surface area contributed by atoms with E-state index in [0.29, 0.717) is 16.0 Å². The van der Waals surface area contributed by atoms with Gasteiger partial charge in [-0.15, -0.1) is 0 Å². The fourth-order valence-electron chi connectivity index (χ4n) is 2.71. The molecule has 116 valence electrons. The molecule has 2 amide bonds. The van der Waals surface area contributed by atoms with Crippen LogP contribution in [0.1, 0.15) is 5.56 Å². The van der Waals surface area contributed by atoms with Crippen LogP contribution in [-0.4, -0.2) is 22.0 Å². The molecule has 8 heteroatoms. The first-order valence-electron chi connectivity index (χ1n) is 6.53. The lowest BCUT2D eigenvalue weighted by Crippen LogP contribution is -2.31. The van der Waals surface area contributed by atoms with Crippen molar-refractivity contribution in [1.29, 1.82) is 0 Å². The number of rotatable bonds is 2. The summed E-state index contributed by atoms with van der Waals surface area (Å²) in [4.78, 5) is 34.5. The topological polar surface area (TPSA) is 101 Å². The third kappa shape index (κ3) is 2.31. The Kier molecular flexibility index (Phi) is 3.49.